The summed E-state index contributed by atoms with van der Waals surface area (Å²) in [5, 5.41) is 0. The molecule has 2 nitrogen and oxygen atoms in total. The van der Waals surface area contributed by atoms with Gasteiger partial charge in [-0.1, -0.05) is 22.0 Å². The van der Waals surface area contributed by atoms with E-state index in [0.717, 1.165) is 11.0 Å². The molecule has 0 radical (unpaired) electrons. The number of nitrogens with two attached hydrogens (primary N) is 1. The molecule has 0 aliphatic carbocycles. The molecule has 88 valence electrons. The summed E-state index contributed by atoms with van der Waals surface area (Å²) in [6, 6.07) is 6.49. The second kappa shape index (κ2) is 4.38. The molecule has 0 unspecified atom stereocenters. The number of hydrogen-bond donors (Lipinski definition) is 1. The summed E-state index contributed by atoms with van der Waals surface area (Å²) in [7, 11) is 0. The maximum absolute atomic E-state index is 5.66. The van der Waals surface area contributed by atoms with E-state index in [-0.39, 0.29) is 5.54 Å². The van der Waals surface area contributed by atoms with Crippen molar-refractivity contribution in [3.05, 3.63) is 28.2 Å². The monoisotopic (exact) mass is 282 g/mol. The normalized spacial score (nSPS) is 19.1. The lowest BCUT2D eigenvalue weighted by atomic mass is 10.0. The van der Waals surface area contributed by atoms with Gasteiger partial charge in [-0.05, 0) is 44.4 Å². The van der Waals surface area contributed by atoms with E-state index in [1.54, 1.807) is 0 Å². The van der Waals surface area contributed by atoms with Crippen molar-refractivity contribution in [2.45, 2.75) is 38.8 Å². The molecule has 0 saturated carbocycles. The van der Waals surface area contributed by atoms with Crippen molar-refractivity contribution in [2.75, 3.05) is 11.4 Å². The second-order valence-corrected chi connectivity index (χ2v) is 5.90. The zero-order chi connectivity index (χ0) is 11.8. The van der Waals surface area contributed by atoms with Crippen LogP contribution in [-0.2, 0) is 6.54 Å². The average Bonchev–Trinajstić information content (AvgIpc) is 2.58. The lowest BCUT2D eigenvalue weighted by Crippen LogP contribution is -2.38. The van der Waals surface area contributed by atoms with Crippen molar-refractivity contribution in [3.8, 4) is 0 Å². The zero-order valence-corrected chi connectivity index (χ0v) is 11.5. The minimum atomic E-state index is 0.281. The van der Waals surface area contributed by atoms with E-state index in [1.807, 2.05) is 0 Å². The average molecular weight is 283 g/mol. The van der Waals surface area contributed by atoms with E-state index in [4.69, 9.17) is 5.73 Å². The molecular formula is C13H19BrN2. The van der Waals surface area contributed by atoms with Gasteiger partial charge in [-0.3, -0.25) is 0 Å². The Morgan fingerprint density at radius 3 is 2.69 bits per heavy atom. The van der Waals surface area contributed by atoms with Crippen LogP contribution in [-0.4, -0.2) is 12.1 Å². The predicted octanol–water partition coefficient (Wildman–Crippen LogP) is 3.29. The van der Waals surface area contributed by atoms with Crippen LogP contribution in [0.15, 0.2) is 22.7 Å². The van der Waals surface area contributed by atoms with Gasteiger partial charge in [0.25, 0.3) is 0 Å². The Kier molecular flexibility index (Phi) is 3.27. The molecule has 16 heavy (non-hydrogen) atoms. The van der Waals surface area contributed by atoms with Crippen molar-refractivity contribution in [2.24, 2.45) is 5.73 Å². The van der Waals surface area contributed by atoms with Crippen LogP contribution in [0.4, 0.5) is 5.69 Å². The van der Waals surface area contributed by atoms with Crippen LogP contribution >= 0.6 is 15.9 Å². The van der Waals surface area contributed by atoms with Crippen molar-refractivity contribution < 1.29 is 0 Å². The summed E-state index contributed by atoms with van der Waals surface area (Å²) < 4.78 is 1.12. The first-order chi connectivity index (χ1) is 7.54. The van der Waals surface area contributed by atoms with E-state index in [0.29, 0.717) is 6.54 Å². The van der Waals surface area contributed by atoms with Crippen LogP contribution in [0, 0.1) is 0 Å². The summed E-state index contributed by atoms with van der Waals surface area (Å²) in [6.07, 6.45) is 2.55. The first kappa shape index (κ1) is 11.9. The molecule has 0 amide bonds. The molecular weight excluding hydrogens is 264 g/mol. The number of anilines is 1. The summed E-state index contributed by atoms with van der Waals surface area (Å²) in [6.45, 7) is 6.36. The van der Waals surface area contributed by atoms with Crippen molar-refractivity contribution >= 4 is 21.6 Å². The standard InChI is InChI=1S/C13H19BrN2/c1-13(2)6-3-7-16(13)11-5-4-10(9-15)12(14)8-11/h4-5,8H,3,6-7,9,15H2,1-2H3. The molecule has 0 spiro atoms. The van der Waals surface area contributed by atoms with Crippen molar-refractivity contribution in [3.63, 3.8) is 0 Å². The van der Waals surface area contributed by atoms with Gasteiger partial charge in [-0.25, -0.2) is 0 Å². The lowest BCUT2D eigenvalue weighted by Gasteiger charge is -2.34. The molecule has 1 aromatic carbocycles. The molecule has 0 atom stereocenters. The molecule has 1 heterocycles. The summed E-state index contributed by atoms with van der Waals surface area (Å²) in [5.74, 6) is 0. The fourth-order valence-corrected chi connectivity index (χ4v) is 2.98. The molecule has 0 bridgehead atoms. The smallest absolute Gasteiger partial charge is 0.0382 e. The van der Waals surface area contributed by atoms with E-state index in [1.165, 1.54) is 24.1 Å². The van der Waals surface area contributed by atoms with E-state index < -0.39 is 0 Å². The van der Waals surface area contributed by atoms with Crippen LogP contribution in [0.3, 0.4) is 0 Å². The summed E-state index contributed by atoms with van der Waals surface area (Å²) in [4.78, 5) is 2.48. The Morgan fingerprint density at radius 2 is 2.19 bits per heavy atom. The fourth-order valence-electron chi connectivity index (χ4n) is 2.46. The van der Waals surface area contributed by atoms with Gasteiger partial charge in [0.1, 0.15) is 0 Å². The Bertz CT molecular complexity index is 388. The second-order valence-electron chi connectivity index (χ2n) is 5.05. The number of halogens is 1. The molecule has 1 saturated heterocycles. The Hall–Kier alpha value is -0.540. The first-order valence-corrected chi connectivity index (χ1v) is 6.60. The number of hydrogen-bond acceptors (Lipinski definition) is 2. The van der Waals surface area contributed by atoms with Crippen LogP contribution < -0.4 is 10.6 Å². The highest BCUT2D eigenvalue weighted by Gasteiger charge is 2.31. The molecule has 1 fully saturated rings. The molecule has 1 aromatic rings. The van der Waals surface area contributed by atoms with Crippen LogP contribution in [0.2, 0.25) is 0 Å². The van der Waals surface area contributed by atoms with Gasteiger partial charge in [0.15, 0.2) is 0 Å². The fraction of sp³-hybridized carbons (Fsp3) is 0.538. The molecule has 2 N–H and O–H groups in total. The highest BCUT2D eigenvalue weighted by Crippen LogP contribution is 2.35. The van der Waals surface area contributed by atoms with E-state index >= 15 is 0 Å². The molecule has 3 heteroatoms. The Morgan fingerprint density at radius 1 is 1.44 bits per heavy atom. The summed E-state index contributed by atoms with van der Waals surface area (Å²) >= 11 is 3.59. The van der Waals surface area contributed by atoms with Gasteiger partial charge in [0.2, 0.25) is 0 Å². The zero-order valence-electron chi connectivity index (χ0n) is 9.96. The first-order valence-electron chi connectivity index (χ1n) is 5.81. The Balaban J connectivity index is 2.31. The van der Waals surface area contributed by atoms with Crippen LogP contribution in [0.5, 0.6) is 0 Å². The van der Waals surface area contributed by atoms with Crippen molar-refractivity contribution in [1.29, 1.82) is 0 Å². The van der Waals surface area contributed by atoms with Gasteiger partial charge < -0.3 is 10.6 Å². The highest BCUT2D eigenvalue weighted by molar-refractivity contribution is 9.10. The molecule has 0 aromatic heterocycles. The van der Waals surface area contributed by atoms with Crippen molar-refractivity contribution in [1.82, 2.24) is 0 Å². The maximum atomic E-state index is 5.66. The van der Waals surface area contributed by atoms with E-state index in [9.17, 15) is 0 Å². The minimum Gasteiger partial charge on any atom is -0.366 e. The highest BCUT2D eigenvalue weighted by atomic mass is 79.9. The quantitative estimate of drug-likeness (QED) is 0.902. The number of nitrogens with zero attached hydrogens (tertiary/aromatic N) is 1. The predicted molar refractivity (Wildman–Crippen MR) is 72.7 cm³/mol. The number of benzene rings is 1. The lowest BCUT2D eigenvalue weighted by molar-refractivity contribution is 0.518. The molecule has 1 aliphatic heterocycles. The third-order valence-corrected chi connectivity index (χ3v) is 4.21. The third-order valence-electron chi connectivity index (χ3n) is 3.47. The Labute approximate surface area is 106 Å². The summed E-state index contributed by atoms with van der Waals surface area (Å²) in [5.41, 5.74) is 8.41. The minimum absolute atomic E-state index is 0.281. The van der Waals surface area contributed by atoms with Gasteiger partial charge in [-0.2, -0.15) is 0 Å². The largest absolute Gasteiger partial charge is 0.366 e. The van der Waals surface area contributed by atoms with Crippen LogP contribution in [0.25, 0.3) is 0 Å². The van der Waals surface area contributed by atoms with Crippen LogP contribution in [0.1, 0.15) is 32.3 Å². The molecule has 1 aliphatic rings. The molecule has 2 rings (SSSR count). The SMILES string of the molecule is CC1(C)CCCN1c1ccc(CN)c(Br)c1. The van der Waals surface area contributed by atoms with E-state index in [2.05, 4.69) is 52.9 Å². The van der Waals surface area contributed by atoms with Gasteiger partial charge in [-0.15, -0.1) is 0 Å². The topological polar surface area (TPSA) is 29.3 Å². The van der Waals surface area contributed by atoms with Gasteiger partial charge in [0, 0.05) is 28.8 Å². The maximum Gasteiger partial charge on any atom is 0.0382 e. The van der Waals surface area contributed by atoms with Gasteiger partial charge >= 0.3 is 0 Å². The van der Waals surface area contributed by atoms with Gasteiger partial charge in [0.05, 0.1) is 0 Å². The number of rotatable bonds is 2. The third kappa shape index (κ3) is 2.11.